The van der Waals surface area contributed by atoms with Crippen LogP contribution in [0.4, 0.5) is 5.13 Å². The number of nitrogen functional groups attached to an aromatic ring is 1. The maximum Gasteiger partial charge on any atom is 0.354 e. The minimum Gasteiger partial charge on any atom is -1.00 e. The third-order valence-corrected chi connectivity index (χ3v) is 6.14. The van der Waals surface area contributed by atoms with E-state index < -0.39 is 0 Å². The Balaban J connectivity index is 0.00000225. The second kappa shape index (κ2) is 9.23. The molecule has 0 saturated heterocycles. The summed E-state index contributed by atoms with van der Waals surface area (Å²) in [5, 5.41) is 8.02. The van der Waals surface area contributed by atoms with Crippen molar-refractivity contribution in [1.82, 2.24) is 5.10 Å². The number of aromatic nitrogens is 2. The Morgan fingerprint density at radius 1 is 0.964 bits per heavy atom. The van der Waals surface area contributed by atoms with Crippen molar-refractivity contribution in [1.29, 1.82) is 0 Å². The third-order valence-electron chi connectivity index (χ3n) is 4.28. The quantitative estimate of drug-likeness (QED) is 0.338. The molecule has 0 amide bonds. The molecule has 0 fully saturated rings. The number of benzene rings is 2. The predicted octanol–water partition coefficient (Wildman–Crippen LogP) is 1.14. The number of hydrogen-bond donors (Lipinski definition) is 1. The zero-order valence-electron chi connectivity index (χ0n) is 14.9. The average Bonchev–Trinajstić information content (AvgIpc) is 3.35. The second-order valence-corrected chi connectivity index (χ2v) is 8.08. The molecule has 0 bridgehead atoms. The Hall–Kier alpha value is -2.35. The maximum atomic E-state index is 12.4. The summed E-state index contributed by atoms with van der Waals surface area (Å²) >= 11 is 2.87. The summed E-state index contributed by atoms with van der Waals surface area (Å²) in [7, 11) is 0. The lowest BCUT2D eigenvalue weighted by molar-refractivity contribution is -0.723. The van der Waals surface area contributed by atoms with Crippen molar-refractivity contribution in [3.63, 3.8) is 0 Å². The summed E-state index contributed by atoms with van der Waals surface area (Å²) in [6.07, 6.45) is 0. The van der Waals surface area contributed by atoms with Gasteiger partial charge in [0.25, 0.3) is 0 Å². The molecule has 0 spiro atoms. The van der Waals surface area contributed by atoms with Crippen LogP contribution in [0.25, 0.3) is 0 Å². The number of carbonyl (C=O) groups is 1. The molecular weight excluding hydrogens is 454 g/mol. The number of ketones is 1. The van der Waals surface area contributed by atoms with Crippen molar-refractivity contribution in [2.45, 2.75) is 12.5 Å². The second-order valence-electron chi connectivity index (χ2n) is 6.09. The lowest BCUT2D eigenvalue weighted by Gasteiger charge is -2.14. The minimum absolute atomic E-state index is 0. The van der Waals surface area contributed by atoms with Crippen molar-refractivity contribution in [2.24, 2.45) is 0 Å². The summed E-state index contributed by atoms with van der Waals surface area (Å²) in [4.78, 5) is 13.2. The number of nitrogens with two attached hydrogens (primary N) is 1. The first-order valence-corrected chi connectivity index (χ1v) is 10.2. The van der Waals surface area contributed by atoms with Crippen LogP contribution in [0.5, 0.6) is 0 Å². The zero-order chi connectivity index (χ0) is 18.6. The SMILES string of the molecule is Nc1sc(C(c2ccccc2)c2ccccc2)n[n+]1CC(=O)c1cccs1.[Br-]. The highest BCUT2D eigenvalue weighted by molar-refractivity contribution is 7.14. The predicted molar refractivity (Wildman–Crippen MR) is 109 cm³/mol. The highest BCUT2D eigenvalue weighted by Crippen LogP contribution is 2.33. The van der Waals surface area contributed by atoms with Crippen LogP contribution in [0.3, 0.4) is 0 Å². The number of hydrogen-bond acceptors (Lipinski definition) is 5. The average molecular weight is 472 g/mol. The van der Waals surface area contributed by atoms with E-state index in [1.165, 1.54) is 22.7 Å². The Kier molecular flexibility index (Phi) is 6.72. The van der Waals surface area contributed by atoms with E-state index in [1.54, 1.807) is 4.68 Å². The minimum atomic E-state index is -0.0159. The van der Waals surface area contributed by atoms with Crippen molar-refractivity contribution in [2.75, 3.05) is 5.73 Å². The Labute approximate surface area is 182 Å². The van der Waals surface area contributed by atoms with Crippen LogP contribution in [0.15, 0.2) is 78.2 Å². The normalized spacial score (nSPS) is 10.6. The number of anilines is 1. The van der Waals surface area contributed by atoms with Gasteiger partial charge in [-0.2, -0.15) is 0 Å². The Bertz CT molecular complexity index is 995. The van der Waals surface area contributed by atoms with Gasteiger partial charge in [0, 0.05) is 0 Å². The van der Waals surface area contributed by atoms with Gasteiger partial charge in [-0.1, -0.05) is 71.8 Å². The molecular formula is C21H18BrN3OS2. The van der Waals surface area contributed by atoms with E-state index in [0.717, 1.165) is 21.0 Å². The van der Waals surface area contributed by atoms with Gasteiger partial charge in [-0.15, -0.1) is 16.0 Å². The van der Waals surface area contributed by atoms with E-state index in [4.69, 9.17) is 10.8 Å². The van der Waals surface area contributed by atoms with Gasteiger partial charge in [0.05, 0.1) is 10.8 Å². The number of halogens is 1. The fourth-order valence-corrected chi connectivity index (χ4v) is 4.61. The van der Waals surface area contributed by atoms with Crippen molar-refractivity contribution in [3.8, 4) is 0 Å². The molecule has 2 heterocycles. The topological polar surface area (TPSA) is 59.9 Å². The molecule has 4 aromatic rings. The first kappa shape index (κ1) is 20.4. The van der Waals surface area contributed by atoms with Crippen LogP contribution in [-0.4, -0.2) is 10.9 Å². The number of carbonyl (C=O) groups excluding carboxylic acids is 1. The van der Waals surface area contributed by atoms with E-state index in [1.807, 2.05) is 53.9 Å². The summed E-state index contributed by atoms with van der Waals surface area (Å²) in [5.74, 6) is 0.00677. The highest BCUT2D eigenvalue weighted by Gasteiger charge is 2.26. The summed E-state index contributed by atoms with van der Waals surface area (Å²) in [6.45, 7) is 0.152. The molecule has 0 atom stereocenters. The van der Waals surface area contributed by atoms with Crippen molar-refractivity contribution in [3.05, 3.63) is 99.2 Å². The molecule has 4 rings (SSSR count). The van der Waals surface area contributed by atoms with Crippen molar-refractivity contribution >= 4 is 33.6 Å². The van der Waals surface area contributed by atoms with E-state index in [-0.39, 0.29) is 35.2 Å². The van der Waals surface area contributed by atoms with Gasteiger partial charge in [-0.25, -0.2) is 0 Å². The maximum absolute atomic E-state index is 12.4. The van der Waals surface area contributed by atoms with Gasteiger partial charge in [0.1, 0.15) is 0 Å². The molecule has 2 aromatic carbocycles. The lowest BCUT2D eigenvalue weighted by atomic mass is 9.92. The molecule has 7 heteroatoms. The van der Waals surface area contributed by atoms with Crippen LogP contribution in [0.2, 0.25) is 0 Å². The van der Waals surface area contributed by atoms with Gasteiger partial charge in [0.15, 0.2) is 11.6 Å². The zero-order valence-corrected chi connectivity index (χ0v) is 18.1. The van der Waals surface area contributed by atoms with E-state index in [2.05, 4.69) is 24.3 Å². The van der Waals surface area contributed by atoms with Gasteiger partial charge in [0.2, 0.25) is 5.78 Å². The first-order chi connectivity index (χ1) is 13.2. The molecule has 4 nitrogen and oxygen atoms in total. The summed E-state index contributed by atoms with van der Waals surface area (Å²) < 4.78 is 1.61. The monoisotopic (exact) mass is 471 g/mol. The number of Topliss-reactive ketones (excluding diaryl/α,β-unsaturated/α-hetero) is 1. The van der Waals surface area contributed by atoms with Gasteiger partial charge in [-0.3, -0.25) is 10.5 Å². The Morgan fingerprint density at radius 2 is 1.57 bits per heavy atom. The molecule has 142 valence electrons. The Morgan fingerprint density at radius 3 is 2.11 bits per heavy atom. The van der Waals surface area contributed by atoms with Crippen LogP contribution in [0.1, 0.15) is 31.7 Å². The molecule has 0 radical (unpaired) electrons. The molecule has 0 aliphatic carbocycles. The van der Waals surface area contributed by atoms with Gasteiger partial charge in [-0.05, 0) is 33.9 Å². The molecule has 0 aliphatic rings. The lowest BCUT2D eigenvalue weighted by Crippen LogP contribution is -3.00. The summed E-state index contributed by atoms with van der Waals surface area (Å²) in [6, 6.07) is 24.2. The fraction of sp³-hybridized carbons (Fsp3) is 0.0952. The number of rotatable bonds is 6. The van der Waals surface area contributed by atoms with Crippen LogP contribution in [-0.2, 0) is 6.54 Å². The first-order valence-electron chi connectivity index (χ1n) is 8.55. The van der Waals surface area contributed by atoms with Crippen LogP contribution >= 0.6 is 22.7 Å². The van der Waals surface area contributed by atoms with Crippen LogP contribution in [0, 0.1) is 0 Å². The molecule has 0 saturated carbocycles. The van der Waals surface area contributed by atoms with Gasteiger partial charge < -0.3 is 17.0 Å². The molecule has 0 aliphatic heterocycles. The molecule has 28 heavy (non-hydrogen) atoms. The molecule has 0 unspecified atom stereocenters. The fourth-order valence-electron chi connectivity index (χ4n) is 3.00. The smallest absolute Gasteiger partial charge is 0.354 e. The molecule has 2 aromatic heterocycles. The van der Waals surface area contributed by atoms with Gasteiger partial charge >= 0.3 is 5.13 Å². The van der Waals surface area contributed by atoms with Crippen molar-refractivity contribution < 1.29 is 26.5 Å². The van der Waals surface area contributed by atoms with E-state index in [0.29, 0.717) is 5.13 Å². The van der Waals surface area contributed by atoms with E-state index in [9.17, 15) is 4.79 Å². The largest absolute Gasteiger partial charge is 1.00 e. The number of nitrogens with zero attached hydrogens (tertiary/aromatic N) is 2. The van der Waals surface area contributed by atoms with Crippen LogP contribution < -0.4 is 27.4 Å². The molecule has 2 N–H and O–H groups in total. The standard InChI is InChI=1S/C21H17N3OS2.BrH/c22-21-24(14-17(25)18-12-7-13-26-18)23-20(27-21)19(15-8-3-1-4-9-15)16-10-5-2-6-11-16;/h1-13,19,22H,14H2;1H. The summed E-state index contributed by atoms with van der Waals surface area (Å²) in [5.41, 5.74) is 8.50. The number of thiophene rings is 1. The van der Waals surface area contributed by atoms with E-state index >= 15 is 0 Å². The third kappa shape index (κ3) is 4.38. The highest BCUT2D eigenvalue weighted by atomic mass is 79.9.